The smallest absolute Gasteiger partial charge is 0.480 e. The molecule has 1 fully saturated rings. The van der Waals surface area contributed by atoms with Crippen LogP contribution in [-0.2, 0) is 56.0 Å². The summed E-state index contributed by atoms with van der Waals surface area (Å²) in [4.78, 5) is 89.4. The molecule has 254 valence electrons. The molecule has 1 amide bonds. The Hall–Kier alpha value is -5.97. The van der Waals surface area contributed by atoms with E-state index < -0.39 is 78.1 Å². The highest BCUT2D eigenvalue weighted by atomic mass is 16.7. The number of aromatic amines is 1. The number of rotatable bonds is 12. The monoisotopic (exact) mass is 669 g/mol. The number of benzene rings is 2. The van der Waals surface area contributed by atoms with Gasteiger partial charge in [-0.25, -0.2) is 19.2 Å². The van der Waals surface area contributed by atoms with E-state index in [0.29, 0.717) is 11.1 Å². The molecule has 0 unspecified atom stereocenters. The Morgan fingerprint density at radius 2 is 1.42 bits per heavy atom. The third-order valence-electron chi connectivity index (χ3n) is 6.79. The Balaban J connectivity index is 1.72. The predicted molar refractivity (Wildman–Crippen MR) is 159 cm³/mol. The number of hydrogen-bond acceptors (Lipinski definition) is 13. The number of aliphatic carboxylic acids is 1. The predicted octanol–water partition coefficient (Wildman–Crippen LogP) is 1.40. The van der Waals surface area contributed by atoms with Gasteiger partial charge in [0.25, 0.3) is 5.56 Å². The van der Waals surface area contributed by atoms with Gasteiger partial charge in [-0.1, -0.05) is 60.7 Å². The molecule has 1 aliphatic rings. The van der Waals surface area contributed by atoms with E-state index in [9.17, 15) is 38.7 Å². The number of nitrogens with zero attached hydrogens (tertiary/aromatic N) is 1. The average molecular weight is 670 g/mol. The van der Waals surface area contributed by atoms with Crippen LogP contribution in [0.1, 0.15) is 31.2 Å². The van der Waals surface area contributed by atoms with Crippen LogP contribution in [0, 0.1) is 0 Å². The maximum Gasteiger partial charge on any atom is 0.509 e. The maximum atomic E-state index is 13.0. The lowest BCUT2D eigenvalue weighted by Gasteiger charge is -2.31. The van der Waals surface area contributed by atoms with Crippen molar-refractivity contribution >= 4 is 30.2 Å². The summed E-state index contributed by atoms with van der Waals surface area (Å²) in [5.74, 6) is -3.65. The van der Waals surface area contributed by atoms with Crippen LogP contribution < -0.4 is 16.6 Å². The number of alkyl carbamates (subject to hydrolysis) is 1. The van der Waals surface area contributed by atoms with Crippen molar-refractivity contribution < 1.29 is 57.5 Å². The molecule has 1 aliphatic heterocycles. The van der Waals surface area contributed by atoms with Crippen molar-refractivity contribution in [1.82, 2.24) is 14.9 Å². The third kappa shape index (κ3) is 9.29. The van der Waals surface area contributed by atoms with E-state index in [1.54, 1.807) is 60.7 Å². The van der Waals surface area contributed by atoms with Crippen molar-refractivity contribution in [2.75, 3.05) is 0 Å². The number of H-pyrrole nitrogens is 1. The van der Waals surface area contributed by atoms with Crippen molar-refractivity contribution in [3.63, 3.8) is 0 Å². The molecule has 48 heavy (non-hydrogen) atoms. The number of carboxylic acid groups (broad SMARTS) is 1. The van der Waals surface area contributed by atoms with Gasteiger partial charge < -0.3 is 38.8 Å². The largest absolute Gasteiger partial charge is 0.509 e. The number of carbonyl (C=O) groups is 5. The maximum absolute atomic E-state index is 13.0. The summed E-state index contributed by atoms with van der Waals surface area (Å²) in [7, 11) is 0. The van der Waals surface area contributed by atoms with Gasteiger partial charge in [0.15, 0.2) is 30.6 Å². The minimum absolute atomic E-state index is 0.259. The zero-order valence-electron chi connectivity index (χ0n) is 25.5. The minimum atomic E-state index is -2.16. The fourth-order valence-corrected chi connectivity index (χ4v) is 4.79. The van der Waals surface area contributed by atoms with Crippen molar-refractivity contribution in [3.05, 3.63) is 105 Å². The van der Waals surface area contributed by atoms with Crippen LogP contribution in [0.25, 0.3) is 0 Å². The quantitative estimate of drug-likeness (QED) is 0.183. The normalized spacial score (nSPS) is 19.6. The van der Waals surface area contributed by atoms with Gasteiger partial charge >= 0.3 is 35.8 Å². The lowest BCUT2D eigenvalue weighted by molar-refractivity contribution is -0.168. The zero-order valence-corrected chi connectivity index (χ0v) is 25.5. The molecule has 17 nitrogen and oxygen atoms in total. The number of esters is 2. The molecule has 0 spiro atoms. The number of ether oxygens (including phenoxy) is 6. The van der Waals surface area contributed by atoms with Crippen molar-refractivity contribution in [3.8, 4) is 0 Å². The fourth-order valence-electron chi connectivity index (χ4n) is 4.79. The average Bonchev–Trinajstić information content (AvgIpc) is 3.37. The zero-order chi connectivity index (χ0) is 34.8. The Morgan fingerprint density at radius 1 is 0.854 bits per heavy atom. The second-order valence-electron chi connectivity index (χ2n) is 10.3. The highest BCUT2D eigenvalue weighted by Crippen LogP contribution is 2.36. The molecule has 1 aromatic heterocycles. The summed E-state index contributed by atoms with van der Waals surface area (Å²) in [5.41, 5.74) is -0.697. The van der Waals surface area contributed by atoms with E-state index in [0.717, 1.165) is 30.7 Å². The second kappa shape index (κ2) is 16.0. The summed E-state index contributed by atoms with van der Waals surface area (Å²) in [5, 5.41) is 12.4. The molecule has 0 aliphatic carbocycles. The van der Waals surface area contributed by atoms with Crippen LogP contribution in [0.4, 0.5) is 9.59 Å². The van der Waals surface area contributed by atoms with E-state index in [4.69, 9.17) is 28.4 Å². The number of aromatic nitrogens is 2. The molecular formula is C31H31N3O14. The number of carbonyl (C=O) groups excluding carboxylic acids is 4. The van der Waals surface area contributed by atoms with E-state index in [2.05, 4.69) is 5.32 Å². The van der Waals surface area contributed by atoms with E-state index >= 15 is 0 Å². The lowest BCUT2D eigenvalue weighted by Crippen LogP contribution is -2.58. The molecule has 2 aromatic carbocycles. The van der Waals surface area contributed by atoms with Gasteiger partial charge in [0.05, 0.1) is 0 Å². The summed E-state index contributed by atoms with van der Waals surface area (Å²) in [6, 6.07) is 15.6. The Kier molecular flexibility index (Phi) is 11.7. The van der Waals surface area contributed by atoms with Crippen LogP contribution in [0.2, 0.25) is 0 Å². The summed E-state index contributed by atoms with van der Waals surface area (Å²) in [6.45, 7) is 1.43. The van der Waals surface area contributed by atoms with E-state index in [1.807, 2.05) is 4.98 Å². The lowest BCUT2D eigenvalue weighted by atomic mass is 9.98. The molecule has 0 saturated carbocycles. The van der Waals surface area contributed by atoms with Crippen LogP contribution in [0.3, 0.4) is 0 Å². The molecule has 6 atom stereocenters. The van der Waals surface area contributed by atoms with Gasteiger partial charge in [0.2, 0.25) is 0 Å². The molecule has 4 rings (SSSR count). The topological polar surface area (TPSA) is 228 Å². The Morgan fingerprint density at radius 3 is 1.96 bits per heavy atom. The molecule has 3 N–H and O–H groups in total. The SMILES string of the molecule is CC(=O)O[C@@H]1[C@H]([C@H](OC(=O)OCc2ccccc2)[C@@H](NC(=O)OCc2ccccc2)C(=O)O)O[C@@H](n2ccc(=O)[nH]c2=O)[C@@H]1OC(C)=O. The van der Waals surface area contributed by atoms with Crippen molar-refractivity contribution in [1.29, 1.82) is 0 Å². The molecule has 1 saturated heterocycles. The van der Waals surface area contributed by atoms with Gasteiger partial charge in [-0.05, 0) is 11.1 Å². The van der Waals surface area contributed by atoms with E-state index in [-0.39, 0.29) is 13.2 Å². The molecule has 0 radical (unpaired) electrons. The van der Waals surface area contributed by atoms with Gasteiger partial charge in [0, 0.05) is 26.1 Å². The first-order valence-corrected chi connectivity index (χ1v) is 14.3. The Labute approximate surface area is 271 Å². The summed E-state index contributed by atoms with van der Waals surface area (Å²) >= 11 is 0. The van der Waals surface area contributed by atoms with E-state index in [1.165, 1.54) is 0 Å². The van der Waals surface area contributed by atoms with Crippen LogP contribution in [0.15, 0.2) is 82.5 Å². The van der Waals surface area contributed by atoms with Crippen LogP contribution >= 0.6 is 0 Å². The molecule has 3 aromatic rings. The van der Waals surface area contributed by atoms with Crippen LogP contribution in [-0.4, -0.2) is 75.3 Å². The number of amides is 1. The van der Waals surface area contributed by atoms with Gasteiger partial charge in [0.1, 0.15) is 19.3 Å². The van der Waals surface area contributed by atoms with Gasteiger partial charge in [-0.15, -0.1) is 0 Å². The van der Waals surface area contributed by atoms with Crippen LogP contribution in [0.5, 0.6) is 0 Å². The van der Waals surface area contributed by atoms with Gasteiger partial charge in [-0.2, -0.15) is 0 Å². The second-order valence-corrected chi connectivity index (χ2v) is 10.3. The number of carboxylic acids is 1. The molecule has 2 heterocycles. The number of hydrogen-bond donors (Lipinski definition) is 3. The first-order valence-electron chi connectivity index (χ1n) is 14.3. The summed E-state index contributed by atoms with van der Waals surface area (Å²) < 4.78 is 33.2. The van der Waals surface area contributed by atoms with Gasteiger partial charge in [-0.3, -0.25) is 23.9 Å². The fraction of sp³-hybridized carbons (Fsp3) is 0.323. The van der Waals surface area contributed by atoms with Crippen molar-refractivity contribution in [2.45, 2.75) is 63.7 Å². The number of nitrogens with one attached hydrogen (secondary N) is 2. The first kappa shape index (κ1) is 34.9. The standard InChI is InChI=1S/C31H31N3O14/c1-17(35)45-25-24(47-27(26(25)46-18(2)36)34-14-13-21(37)32-29(34)40)23(48-31(42)44-16-20-11-7-4-8-12-20)22(28(38)39)33-30(41)43-15-19-9-5-3-6-10-19/h3-14,22-27H,15-16H2,1-2H3,(H,33,41)(H,38,39)(H,32,37,40)/t22-,23-,24+,25-,26-,27-/m1/s1. The minimum Gasteiger partial charge on any atom is -0.480 e. The highest BCUT2D eigenvalue weighted by Gasteiger charge is 2.57. The highest BCUT2D eigenvalue weighted by molar-refractivity contribution is 5.81. The summed E-state index contributed by atoms with van der Waals surface area (Å²) in [6.07, 6.45) is -10.7. The first-order chi connectivity index (χ1) is 22.9. The Bertz CT molecular complexity index is 1730. The molecule has 0 bridgehead atoms. The van der Waals surface area contributed by atoms with Crippen molar-refractivity contribution in [2.24, 2.45) is 0 Å². The third-order valence-corrected chi connectivity index (χ3v) is 6.79. The molecular weight excluding hydrogens is 638 g/mol. The molecule has 17 heteroatoms.